The number of carbonyl (C=O) groups is 3. The van der Waals surface area contributed by atoms with Crippen molar-refractivity contribution in [3.8, 4) is 0 Å². The summed E-state index contributed by atoms with van der Waals surface area (Å²) in [7, 11) is 2.84. The molecule has 0 aromatic rings. The van der Waals surface area contributed by atoms with Gasteiger partial charge < -0.3 is 18.9 Å². The van der Waals surface area contributed by atoms with Gasteiger partial charge >= 0.3 is 11.9 Å². The molecule has 33 heavy (non-hydrogen) atoms. The van der Waals surface area contributed by atoms with Gasteiger partial charge in [0.15, 0.2) is 0 Å². The maximum absolute atomic E-state index is 13.6. The molecule has 0 saturated carbocycles. The van der Waals surface area contributed by atoms with Crippen LogP contribution in [-0.2, 0) is 33.3 Å². The Morgan fingerprint density at radius 1 is 1.21 bits per heavy atom. The van der Waals surface area contributed by atoms with Gasteiger partial charge in [0.2, 0.25) is 5.76 Å². The number of hydrogen-bond acceptors (Lipinski definition) is 7. The Morgan fingerprint density at radius 3 is 2.45 bits per heavy atom. The van der Waals surface area contributed by atoms with Crippen molar-refractivity contribution in [1.82, 2.24) is 0 Å². The highest BCUT2D eigenvalue weighted by atomic mass is 16.6. The summed E-state index contributed by atoms with van der Waals surface area (Å²) in [5.41, 5.74) is 1.09. The van der Waals surface area contributed by atoms with Gasteiger partial charge in [0.1, 0.15) is 11.4 Å². The molecule has 0 amide bonds. The molecule has 3 rings (SSSR count). The predicted octanol–water partition coefficient (Wildman–Crippen LogP) is 4.00. The van der Waals surface area contributed by atoms with Gasteiger partial charge in [-0.1, -0.05) is 26.8 Å². The number of Topliss-reactive ketones (excluding diaryl/α,β-unsaturated/α-hetero) is 1. The summed E-state index contributed by atoms with van der Waals surface area (Å²) in [5.74, 6) is -2.14. The SMILES string of the molecule is COC(=O)[C@@H]1[C@@H]2C(=O)[C@H](C)CC[C@@]3(C)OC(=O)C(OC)=C(C(C)C)[C@@H]3C/C=C(\C)[C@H]2O[C@H]1C. The third kappa shape index (κ3) is 4.48. The quantitative estimate of drug-likeness (QED) is 0.463. The molecule has 2 heterocycles. The van der Waals surface area contributed by atoms with Crippen LogP contribution >= 0.6 is 0 Å². The van der Waals surface area contributed by atoms with E-state index in [1.54, 1.807) is 0 Å². The first kappa shape index (κ1) is 25.5. The van der Waals surface area contributed by atoms with E-state index in [-0.39, 0.29) is 29.3 Å². The van der Waals surface area contributed by atoms with Crippen LogP contribution in [0.25, 0.3) is 0 Å². The molecule has 0 aromatic heterocycles. The van der Waals surface area contributed by atoms with Gasteiger partial charge in [-0.15, -0.1) is 0 Å². The molecular weight excluding hydrogens is 424 g/mol. The van der Waals surface area contributed by atoms with E-state index in [2.05, 4.69) is 19.9 Å². The van der Waals surface area contributed by atoms with Gasteiger partial charge in [-0.05, 0) is 57.1 Å². The predicted molar refractivity (Wildman–Crippen MR) is 122 cm³/mol. The molecule has 1 fully saturated rings. The van der Waals surface area contributed by atoms with E-state index in [1.165, 1.54) is 14.2 Å². The Hall–Kier alpha value is -2.15. The lowest BCUT2D eigenvalue weighted by molar-refractivity contribution is -0.167. The number of hydrogen-bond donors (Lipinski definition) is 0. The zero-order valence-electron chi connectivity index (χ0n) is 21.1. The van der Waals surface area contributed by atoms with E-state index >= 15 is 0 Å². The van der Waals surface area contributed by atoms with E-state index < -0.39 is 41.6 Å². The second kappa shape index (κ2) is 9.61. The van der Waals surface area contributed by atoms with Gasteiger partial charge in [-0.25, -0.2) is 4.79 Å². The van der Waals surface area contributed by atoms with Crippen LogP contribution in [0, 0.1) is 29.6 Å². The van der Waals surface area contributed by atoms with Crippen LogP contribution < -0.4 is 0 Å². The highest BCUT2D eigenvalue weighted by molar-refractivity contribution is 5.90. The second-order valence-corrected chi connectivity index (χ2v) is 10.3. The minimum atomic E-state index is -0.764. The van der Waals surface area contributed by atoms with E-state index in [1.807, 2.05) is 27.7 Å². The summed E-state index contributed by atoms with van der Waals surface area (Å²) < 4.78 is 22.7. The van der Waals surface area contributed by atoms with E-state index in [4.69, 9.17) is 18.9 Å². The van der Waals surface area contributed by atoms with Crippen molar-refractivity contribution in [2.24, 2.45) is 29.6 Å². The maximum Gasteiger partial charge on any atom is 0.374 e. The number of allylic oxidation sites excluding steroid dienone is 1. The molecule has 0 spiro atoms. The number of ether oxygens (including phenoxy) is 4. The molecule has 0 unspecified atom stereocenters. The molecule has 3 aliphatic rings. The fraction of sp³-hybridized carbons (Fsp3) is 0.731. The summed E-state index contributed by atoms with van der Waals surface area (Å²) in [4.78, 5) is 39.0. The molecule has 0 radical (unpaired) electrons. The Labute approximate surface area is 196 Å². The smallest absolute Gasteiger partial charge is 0.374 e. The Morgan fingerprint density at radius 2 is 1.88 bits per heavy atom. The van der Waals surface area contributed by atoms with E-state index in [0.29, 0.717) is 19.3 Å². The molecule has 184 valence electrons. The monoisotopic (exact) mass is 462 g/mol. The average molecular weight is 463 g/mol. The topological polar surface area (TPSA) is 88.1 Å². The maximum atomic E-state index is 13.6. The lowest BCUT2D eigenvalue weighted by Gasteiger charge is -2.43. The summed E-state index contributed by atoms with van der Waals surface area (Å²) in [6, 6.07) is 0. The van der Waals surface area contributed by atoms with Gasteiger partial charge in [-0.2, -0.15) is 0 Å². The molecule has 7 atom stereocenters. The Kier molecular flexibility index (Phi) is 7.42. The first-order valence-corrected chi connectivity index (χ1v) is 11.9. The second-order valence-electron chi connectivity index (χ2n) is 10.3. The molecule has 0 bridgehead atoms. The number of fused-ring (bicyclic) bond motifs is 2. The van der Waals surface area contributed by atoms with Crippen molar-refractivity contribution < 1.29 is 33.3 Å². The van der Waals surface area contributed by atoms with Crippen LogP contribution in [0.1, 0.15) is 60.8 Å². The number of carbonyl (C=O) groups excluding carboxylic acids is 3. The molecule has 0 N–H and O–H groups in total. The first-order chi connectivity index (χ1) is 15.5. The fourth-order valence-electron chi connectivity index (χ4n) is 5.87. The van der Waals surface area contributed by atoms with Crippen LogP contribution in [0.2, 0.25) is 0 Å². The van der Waals surface area contributed by atoms with Crippen molar-refractivity contribution in [3.63, 3.8) is 0 Å². The zero-order valence-corrected chi connectivity index (χ0v) is 21.1. The lowest BCUT2D eigenvalue weighted by atomic mass is 9.71. The van der Waals surface area contributed by atoms with Crippen LogP contribution in [-0.4, -0.2) is 49.8 Å². The molecular formula is C26H38O7. The van der Waals surface area contributed by atoms with Gasteiger partial charge in [0, 0.05) is 11.8 Å². The molecule has 2 aliphatic heterocycles. The van der Waals surface area contributed by atoms with Crippen LogP contribution in [0.3, 0.4) is 0 Å². The number of methoxy groups -OCH3 is 2. The summed E-state index contributed by atoms with van der Waals surface area (Å²) in [6.07, 6.45) is 2.86. The van der Waals surface area contributed by atoms with Crippen molar-refractivity contribution in [2.45, 2.75) is 78.6 Å². The average Bonchev–Trinajstić information content (AvgIpc) is 3.11. The Balaban J connectivity index is 2.10. The molecule has 7 nitrogen and oxygen atoms in total. The molecule has 1 aliphatic carbocycles. The normalized spacial score (nSPS) is 39.1. The van der Waals surface area contributed by atoms with E-state index in [0.717, 1.165) is 11.1 Å². The van der Waals surface area contributed by atoms with Crippen LogP contribution in [0.15, 0.2) is 23.0 Å². The molecule has 7 heteroatoms. The number of ketones is 1. The fourth-order valence-corrected chi connectivity index (χ4v) is 5.87. The van der Waals surface area contributed by atoms with Gasteiger partial charge in [0.25, 0.3) is 0 Å². The van der Waals surface area contributed by atoms with Crippen LogP contribution in [0.5, 0.6) is 0 Å². The zero-order chi connectivity index (χ0) is 24.7. The largest absolute Gasteiger partial charge is 0.490 e. The molecule has 1 saturated heterocycles. The Bertz CT molecular complexity index is 870. The lowest BCUT2D eigenvalue weighted by Crippen LogP contribution is -2.47. The number of rotatable bonds is 3. The van der Waals surface area contributed by atoms with Crippen molar-refractivity contribution in [2.75, 3.05) is 14.2 Å². The van der Waals surface area contributed by atoms with Gasteiger partial charge in [0.05, 0.1) is 38.3 Å². The highest BCUT2D eigenvalue weighted by Crippen LogP contribution is 2.47. The standard InChI is InChI=1S/C26H38O7/c1-13(2)18-17-10-9-15(4)22-20(19(16(5)32-22)24(28)31-8)21(27)14(3)11-12-26(17,6)33-25(29)23(18)30-7/h9,13-14,16-17,19-20,22H,10-12H2,1-8H3/b15-9+/t14-,16+,17+,19+,20-,22-,26-/m1/s1. The third-order valence-corrected chi connectivity index (χ3v) is 7.78. The van der Waals surface area contributed by atoms with Crippen molar-refractivity contribution >= 4 is 17.7 Å². The summed E-state index contributed by atoms with van der Waals surface area (Å²) in [6.45, 7) is 11.7. The first-order valence-electron chi connectivity index (χ1n) is 11.9. The minimum absolute atomic E-state index is 0.00566. The van der Waals surface area contributed by atoms with Crippen molar-refractivity contribution in [1.29, 1.82) is 0 Å². The van der Waals surface area contributed by atoms with Gasteiger partial charge in [-0.3, -0.25) is 9.59 Å². The molecule has 0 aromatic carbocycles. The third-order valence-electron chi connectivity index (χ3n) is 7.78. The summed E-state index contributed by atoms with van der Waals surface area (Å²) >= 11 is 0. The van der Waals surface area contributed by atoms with E-state index in [9.17, 15) is 14.4 Å². The van der Waals surface area contributed by atoms with Crippen LogP contribution in [0.4, 0.5) is 0 Å². The van der Waals surface area contributed by atoms with Crippen molar-refractivity contribution in [3.05, 3.63) is 23.0 Å². The minimum Gasteiger partial charge on any atom is -0.490 e. The highest BCUT2D eigenvalue weighted by Gasteiger charge is 2.53. The summed E-state index contributed by atoms with van der Waals surface area (Å²) in [5, 5.41) is 0. The number of esters is 2.